The molecule has 0 radical (unpaired) electrons. The zero-order chi connectivity index (χ0) is 27.7. The van der Waals surface area contributed by atoms with Crippen molar-refractivity contribution in [1.29, 1.82) is 5.26 Å². The summed E-state index contributed by atoms with van der Waals surface area (Å²) in [6.07, 6.45) is 0. The summed E-state index contributed by atoms with van der Waals surface area (Å²) in [6, 6.07) is 29.3. The van der Waals surface area contributed by atoms with Gasteiger partial charge in [0.15, 0.2) is 0 Å². The number of nitriles is 1. The number of aryl methyl sites for hydroxylation is 1. The van der Waals surface area contributed by atoms with Crippen LogP contribution >= 0.6 is 23.2 Å². The molecule has 0 saturated carbocycles. The number of hydrogen-bond donors (Lipinski definition) is 1. The van der Waals surface area contributed by atoms with Gasteiger partial charge in [0.25, 0.3) is 5.91 Å². The normalized spacial score (nSPS) is 11.8. The van der Waals surface area contributed by atoms with Crippen LogP contribution in [0.2, 0.25) is 10.0 Å². The van der Waals surface area contributed by atoms with E-state index < -0.39 is 0 Å². The zero-order valence-corrected chi connectivity index (χ0v) is 23.4. The summed E-state index contributed by atoms with van der Waals surface area (Å²) >= 11 is 12.2. The molecule has 1 N–H and O–H groups in total. The van der Waals surface area contributed by atoms with Gasteiger partial charge in [-0.15, -0.1) is 0 Å². The molecule has 1 amide bonds. The van der Waals surface area contributed by atoms with Crippen molar-refractivity contribution in [2.75, 3.05) is 0 Å². The second kappa shape index (κ2) is 11.0. The Morgan fingerprint density at radius 3 is 2.41 bits per heavy atom. The topological polar surface area (TPSA) is 57.8 Å². The molecule has 1 heterocycles. The lowest BCUT2D eigenvalue weighted by molar-refractivity contribution is 0.0940. The Labute approximate surface area is 238 Å². The molecule has 0 saturated heterocycles. The van der Waals surface area contributed by atoms with Crippen LogP contribution in [0, 0.1) is 25.2 Å². The first kappa shape index (κ1) is 26.6. The summed E-state index contributed by atoms with van der Waals surface area (Å²) in [4.78, 5) is 13.1. The van der Waals surface area contributed by atoms with Crippen LogP contribution in [0.3, 0.4) is 0 Å². The number of amides is 1. The highest BCUT2D eigenvalue weighted by Crippen LogP contribution is 2.30. The molecule has 6 heteroatoms. The third-order valence-electron chi connectivity index (χ3n) is 7.35. The van der Waals surface area contributed by atoms with Crippen molar-refractivity contribution in [2.24, 2.45) is 0 Å². The second-order valence-electron chi connectivity index (χ2n) is 9.75. The molecule has 0 aliphatic rings. The van der Waals surface area contributed by atoms with Crippen LogP contribution in [0.15, 0.2) is 84.9 Å². The van der Waals surface area contributed by atoms with E-state index in [2.05, 4.69) is 54.1 Å². The molecule has 4 nitrogen and oxygen atoms in total. The summed E-state index contributed by atoms with van der Waals surface area (Å²) in [6.45, 7) is 6.83. The Hall–Kier alpha value is -4.04. The average Bonchev–Trinajstić information content (AvgIpc) is 3.19. The molecule has 0 aliphatic carbocycles. The van der Waals surface area contributed by atoms with Crippen LogP contribution in [0.5, 0.6) is 0 Å². The Bertz CT molecular complexity index is 1750. The van der Waals surface area contributed by atoms with Crippen molar-refractivity contribution in [3.8, 4) is 17.2 Å². The van der Waals surface area contributed by atoms with Gasteiger partial charge in [-0.2, -0.15) is 5.26 Å². The van der Waals surface area contributed by atoms with Gasteiger partial charge in [0.1, 0.15) is 0 Å². The fourth-order valence-electron chi connectivity index (χ4n) is 4.94. The van der Waals surface area contributed by atoms with E-state index >= 15 is 0 Å². The standard InChI is InChI=1S/C33H27Cl2N3O/c1-20-22(3)38(19-23-8-10-24(11-9-23)28-7-5-4-6-27(28)18-36)32-15-13-26(16-29(20)32)33(39)37-21(2)25-12-14-30(34)31(35)17-25/h4-17,21H,19H2,1-3H3,(H,37,39)/t21-/m0/s1. The predicted molar refractivity (Wildman–Crippen MR) is 159 cm³/mol. The van der Waals surface area contributed by atoms with Gasteiger partial charge in [-0.05, 0) is 85.0 Å². The minimum Gasteiger partial charge on any atom is -0.346 e. The first-order valence-electron chi connectivity index (χ1n) is 12.7. The number of nitrogens with zero attached hydrogens (tertiary/aromatic N) is 2. The van der Waals surface area contributed by atoms with Gasteiger partial charge in [0.05, 0.1) is 27.7 Å². The largest absolute Gasteiger partial charge is 0.346 e. The van der Waals surface area contributed by atoms with E-state index in [4.69, 9.17) is 23.2 Å². The third kappa shape index (κ3) is 5.29. The van der Waals surface area contributed by atoms with Gasteiger partial charge in [-0.3, -0.25) is 4.79 Å². The first-order valence-corrected chi connectivity index (χ1v) is 13.5. The van der Waals surface area contributed by atoms with Crippen molar-refractivity contribution >= 4 is 40.0 Å². The SMILES string of the molecule is Cc1c(C)n(Cc2ccc(-c3ccccc3C#N)cc2)c2ccc(C(=O)N[C@@H](C)c3ccc(Cl)c(Cl)c3)cc12. The molecular weight excluding hydrogens is 525 g/mol. The lowest BCUT2D eigenvalue weighted by atomic mass is 9.99. The lowest BCUT2D eigenvalue weighted by Crippen LogP contribution is -2.26. The molecule has 0 spiro atoms. The quantitative estimate of drug-likeness (QED) is 0.229. The van der Waals surface area contributed by atoms with E-state index in [0.717, 1.165) is 44.4 Å². The number of halogens is 2. The molecule has 194 valence electrons. The van der Waals surface area contributed by atoms with Gasteiger partial charge in [-0.25, -0.2) is 0 Å². The maximum atomic E-state index is 13.1. The smallest absolute Gasteiger partial charge is 0.251 e. The summed E-state index contributed by atoms with van der Waals surface area (Å²) in [5, 5.41) is 14.5. The van der Waals surface area contributed by atoms with Gasteiger partial charge in [0.2, 0.25) is 0 Å². The highest BCUT2D eigenvalue weighted by molar-refractivity contribution is 6.42. The maximum Gasteiger partial charge on any atom is 0.251 e. The van der Waals surface area contributed by atoms with Crippen molar-refractivity contribution in [1.82, 2.24) is 9.88 Å². The average molecular weight is 553 g/mol. The van der Waals surface area contributed by atoms with E-state index in [1.165, 1.54) is 0 Å². The molecule has 0 fully saturated rings. The predicted octanol–water partition coefficient (Wildman–Crippen LogP) is 8.64. The van der Waals surface area contributed by atoms with Crippen LogP contribution < -0.4 is 5.32 Å². The van der Waals surface area contributed by atoms with E-state index in [1.807, 2.05) is 55.5 Å². The van der Waals surface area contributed by atoms with Crippen LogP contribution in [-0.4, -0.2) is 10.5 Å². The number of carbonyl (C=O) groups excluding carboxylic acids is 1. The summed E-state index contributed by atoms with van der Waals surface area (Å²) < 4.78 is 2.28. The van der Waals surface area contributed by atoms with Crippen molar-refractivity contribution in [2.45, 2.75) is 33.4 Å². The monoisotopic (exact) mass is 551 g/mol. The van der Waals surface area contributed by atoms with Crippen LogP contribution in [-0.2, 0) is 6.54 Å². The minimum atomic E-state index is -0.224. The summed E-state index contributed by atoms with van der Waals surface area (Å²) in [5.74, 6) is -0.145. The maximum absolute atomic E-state index is 13.1. The lowest BCUT2D eigenvalue weighted by Gasteiger charge is -2.15. The van der Waals surface area contributed by atoms with E-state index in [1.54, 1.807) is 12.1 Å². The molecule has 1 atom stereocenters. The molecular formula is C33H27Cl2N3O. The fourth-order valence-corrected chi connectivity index (χ4v) is 5.25. The molecule has 39 heavy (non-hydrogen) atoms. The number of hydrogen-bond acceptors (Lipinski definition) is 2. The Morgan fingerprint density at radius 1 is 0.949 bits per heavy atom. The van der Waals surface area contributed by atoms with E-state index in [9.17, 15) is 10.1 Å². The first-order chi connectivity index (χ1) is 18.8. The number of benzene rings is 4. The van der Waals surface area contributed by atoms with Crippen molar-refractivity contribution in [3.05, 3.63) is 128 Å². The second-order valence-corrected chi connectivity index (χ2v) is 10.6. The zero-order valence-electron chi connectivity index (χ0n) is 21.9. The van der Waals surface area contributed by atoms with E-state index in [-0.39, 0.29) is 11.9 Å². The number of aromatic nitrogens is 1. The Kier molecular flexibility index (Phi) is 7.48. The Balaban J connectivity index is 1.38. The Morgan fingerprint density at radius 2 is 1.69 bits per heavy atom. The van der Waals surface area contributed by atoms with Crippen LogP contribution in [0.1, 0.15) is 51.3 Å². The number of carbonyl (C=O) groups is 1. The third-order valence-corrected chi connectivity index (χ3v) is 8.08. The number of fused-ring (bicyclic) bond motifs is 1. The molecule has 5 rings (SSSR count). The van der Waals surface area contributed by atoms with Crippen molar-refractivity contribution in [3.63, 3.8) is 0 Å². The van der Waals surface area contributed by atoms with Crippen LogP contribution in [0.4, 0.5) is 0 Å². The molecule has 5 aromatic rings. The molecule has 1 aromatic heterocycles. The van der Waals surface area contributed by atoms with Gasteiger partial charge < -0.3 is 9.88 Å². The van der Waals surface area contributed by atoms with Gasteiger partial charge in [-0.1, -0.05) is 71.7 Å². The number of rotatable bonds is 6. The fraction of sp³-hybridized carbons (Fsp3) is 0.152. The molecule has 0 bridgehead atoms. The highest BCUT2D eigenvalue weighted by Gasteiger charge is 2.17. The molecule has 4 aromatic carbocycles. The van der Waals surface area contributed by atoms with Gasteiger partial charge >= 0.3 is 0 Å². The summed E-state index contributed by atoms with van der Waals surface area (Å²) in [5.41, 5.74) is 8.66. The molecule has 0 unspecified atom stereocenters. The van der Waals surface area contributed by atoms with Crippen LogP contribution in [0.25, 0.3) is 22.0 Å². The van der Waals surface area contributed by atoms with Gasteiger partial charge in [0, 0.05) is 28.7 Å². The highest BCUT2D eigenvalue weighted by atomic mass is 35.5. The summed E-state index contributed by atoms with van der Waals surface area (Å²) in [7, 11) is 0. The molecule has 0 aliphatic heterocycles. The van der Waals surface area contributed by atoms with E-state index in [0.29, 0.717) is 27.7 Å². The number of nitrogens with one attached hydrogen (secondary N) is 1. The van der Waals surface area contributed by atoms with Crippen molar-refractivity contribution < 1.29 is 4.79 Å². The minimum absolute atomic E-state index is 0.145.